The summed E-state index contributed by atoms with van der Waals surface area (Å²) in [5, 5.41) is 25.9. The van der Waals surface area contributed by atoms with Crippen LogP contribution in [-0.2, 0) is 6.54 Å². The maximum Gasteiger partial charge on any atom is 0.307 e. The van der Waals surface area contributed by atoms with Crippen molar-refractivity contribution in [2.45, 2.75) is 23.5 Å². The number of non-ortho nitro benzene ring substituents is 1. The number of hydrogen-bond acceptors (Lipinski definition) is 8. The van der Waals surface area contributed by atoms with Crippen LogP contribution in [0.4, 0.5) is 5.69 Å². The number of nitro groups is 1. The average Bonchev–Trinajstić information content (AvgIpc) is 3.53. The van der Waals surface area contributed by atoms with Crippen LogP contribution >= 0.6 is 23.4 Å². The Morgan fingerprint density at radius 1 is 1.16 bits per heavy atom. The van der Waals surface area contributed by atoms with E-state index in [1.807, 2.05) is 41.8 Å². The number of nitrogens with one attached hydrogen (secondary N) is 1. The summed E-state index contributed by atoms with van der Waals surface area (Å²) in [6.07, 6.45) is 1.34. The molecule has 0 spiro atoms. The van der Waals surface area contributed by atoms with Gasteiger partial charge in [0.15, 0.2) is 16.7 Å². The fourth-order valence-electron chi connectivity index (χ4n) is 3.73. The standard InChI is InChI=1S/C26H19ClN6O4S/c1-2-32-24(16-6-4-3-5-7-16)29-31-26(32)38-23-11-9-20(33(35)36)13-18(23)15-28-30-25(34)22-14-17-12-19(27)8-10-21(17)37-22/h3-15H,2H2,1H3,(H,30,34)/b28-15+. The van der Waals surface area contributed by atoms with Crippen LogP contribution in [-0.4, -0.2) is 31.8 Å². The third kappa shape index (κ3) is 5.29. The van der Waals surface area contributed by atoms with E-state index in [9.17, 15) is 14.9 Å². The molecule has 0 saturated carbocycles. The van der Waals surface area contributed by atoms with Crippen molar-refractivity contribution >= 4 is 52.1 Å². The van der Waals surface area contributed by atoms with Gasteiger partial charge in [-0.3, -0.25) is 14.9 Å². The van der Waals surface area contributed by atoms with E-state index in [0.29, 0.717) is 44.0 Å². The molecule has 38 heavy (non-hydrogen) atoms. The van der Waals surface area contributed by atoms with Crippen molar-refractivity contribution in [1.29, 1.82) is 0 Å². The highest BCUT2D eigenvalue weighted by Gasteiger charge is 2.17. The first kappa shape index (κ1) is 25.2. The van der Waals surface area contributed by atoms with Crippen LogP contribution < -0.4 is 5.43 Å². The summed E-state index contributed by atoms with van der Waals surface area (Å²) in [5.74, 6) is 0.191. The van der Waals surface area contributed by atoms with Crippen molar-refractivity contribution in [2.24, 2.45) is 5.10 Å². The van der Waals surface area contributed by atoms with Gasteiger partial charge >= 0.3 is 5.91 Å². The van der Waals surface area contributed by atoms with Crippen LogP contribution in [0.2, 0.25) is 5.02 Å². The second kappa shape index (κ2) is 10.9. The van der Waals surface area contributed by atoms with Gasteiger partial charge in [-0.05, 0) is 49.0 Å². The second-order valence-electron chi connectivity index (χ2n) is 7.99. The number of amides is 1. The van der Waals surface area contributed by atoms with E-state index in [-0.39, 0.29) is 11.4 Å². The summed E-state index contributed by atoms with van der Waals surface area (Å²) in [5.41, 5.74) is 4.15. The van der Waals surface area contributed by atoms with E-state index in [1.54, 1.807) is 30.3 Å². The number of carbonyl (C=O) groups is 1. The van der Waals surface area contributed by atoms with E-state index in [2.05, 4.69) is 20.7 Å². The molecule has 1 amide bonds. The highest BCUT2D eigenvalue weighted by atomic mass is 35.5. The number of carbonyl (C=O) groups excluding carboxylic acids is 1. The van der Waals surface area contributed by atoms with Crippen LogP contribution in [0.25, 0.3) is 22.4 Å². The summed E-state index contributed by atoms with van der Waals surface area (Å²) in [6, 6.07) is 20.7. The summed E-state index contributed by atoms with van der Waals surface area (Å²) in [7, 11) is 0. The lowest BCUT2D eigenvalue weighted by atomic mass is 10.2. The first-order valence-corrected chi connectivity index (χ1v) is 12.6. The molecule has 0 fully saturated rings. The number of benzene rings is 3. The number of furan rings is 1. The zero-order chi connectivity index (χ0) is 26.6. The second-order valence-corrected chi connectivity index (χ2v) is 9.44. The Labute approximate surface area is 225 Å². The van der Waals surface area contributed by atoms with E-state index >= 15 is 0 Å². The number of fused-ring (bicyclic) bond motifs is 1. The van der Waals surface area contributed by atoms with E-state index < -0.39 is 10.8 Å². The van der Waals surface area contributed by atoms with Gasteiger partial charge in [0, 0.05) is 45.1 Å². The van der Waals surface area contributed by atoms with Crippen molar-refractivity contribution in [2.75, 3.05) is 0 Å². The van der Waals surface area contributed by atoms with Crippen LogP contribution in [0.5, 0.6) is 0 Å². The fraction of sp³-hybridized carbons (Fsp3) is 0.0769. The lowest BCUT2D eigenvalue weighted by Crippen LogP contribution is -2.16. The van der Waals surface area contributed by atoms with Gasteiger partial charge in [0.1, 0.15) is 5.58 Å². The molecule has 0 aliphatic heterocycles. The van der Waals surface area contributed by atoms with Crippen molar-refractivity contribution < 1.29 is 14.1 Å². The number of rotatable bonds is 8. The topological polar surface area (TPSA) is 128 Å². The molecule has 0 bridgehead atoms. The van der Waals surface area contributed by atoms with Gasteiger partial charge < -0.3 is 8.98 Å². The monoisotopic (exact) mass is 546 g/mol. The number of hydrazone groups is 1. The molecular formula is C26H19ClN6O4S. The fourth-order valence-corrected chi connectivity index (χ4v) is 4.88. The smallest absolute Gasteiger partial charge is 0.307 e. The predicted molar refractivity (Wildman–Crippen MR) is 145 cm³/mol. The molecule has 0 aliphatic rings. The maximum absolute atomic E-state index is 12.6. The van der Waals surface area contributed by atoms with E-state index in [4.69, 9.17) is 16.0 Å². The number of hydrogen-bond donors (Lipinski definition) is 1. The van der Waals surface area contributed by atoms with Crippen LogP contribution in [0.15, 0.2) is 92.4 Å². The average molecular weight is 547 g/mol. The minimum absolute atomic E-state index is 0.0533. The molecule has 0 radical (unpaired) electrons. The zero-order valence-electron chi connectivity index (χ0n) is 19.9. The van der Waals surface area contributed by atoms with Crippen LogP contribution in [0.1, 0.15) is 23.0 Å². The van der Waals surface area contributed by atoms with Crippen molar-refractivity contribution in [3.05, 3.63) is 99.3 Å². The van der Waals surface area contributed by atoms with Gasteiger partial charge in [-0.2, -0.15) is 5.10 Å². The molecule has 0 saturated heterocycles. The Hall–Kier alpha value is -4.48. The Kier molecular flexibility index (Phi) is 7.20. The molecule has 2 aromatic heterocycles. The molecule has 1 N–H and O–H groups in total. The predicted octanol–water partition coefficient (Wildman–Crippen LogP) is 6.19. The molecular weight excluding hydrogens is 528 g/mol. The van der Waals surface area contributed by atoms with Crippen LogP contribution in [0, 0.1) is 10.1 Å². The van der Waals surface area contributed by atoms with Gasteiger partial charge in [0.05, 0.1) is 11.1 Å². The van der Waals surface area contributed by atoms with Gasteiger partial charge in [0.25, 0.3) is 5.69 Å². The molecule has 2 heterocycles. The highest BCUT2D eigenvalue weighted by Crippen LogP contribution is 2.33. The molecule has 0 aliphatic carbocycles. The lowest BCUT2D eigenvalue weighted by Gasteiger charge is -2.09. The zero-order valence-corrected chi connectivity index (χ0v) is 21.4. The van der Waals surface area contributed by atoms with Crippen molar-refractivity contribution in [1.82, 2.24) is 20.2 Å². The highest BCUT2D eigenvalue weighted by molar-refractivity contribution is 7.99. The summed E-state index contributed by atoms with van der Waals surface area (Å²) >= 11 is 7.29. The summed E-state index contributed by atoms with van der Waals surface area (Å²) in [4.78, 5) is 24.1. The van der Waals surface area contributed by atoms with E-state index in [1.165, 1.54) is 30.1 Å². The maximum atomic E-state index is 12.6. The Bertz CT molecular complexity index is 1680. The number of nitro benzene ring substituents is 1. The normalized spacial score (nSPS) is 11.3. The molecule has 3 aromatic carbocycles. The number of aromatic nitrogens is 3. The SMILES string of the molecule is CCn1c(Sc2ccc([N+](=O)[O-])cc2/C=N/NC(=O)c2cc3cc(Cl)ccc3o2)nnc1-c1ccccc1. The largest absolute Gasteiger partial charge is 0.451 e. The molecule has 5 aromatic rings. The minimum atomic E-state index is -0.577. The van der Waals surface area contributed by atoms with Gasteiger partial charge in [0.2, 0.25) is 0 Å². The Morgan fingerprint density at radius 2 is 1.97 bits per heavy atom. The molecule has 0 unspecified atom stereocenters. The minimum Gasteiger partial charge on any atom is -0.451 e. The summed E-state index contributed by atoms with van der Waals surface area (Å²) in [6.45, 7) is 2.61. The number of nitrogens with zero attached hydrogens (tertiary/aromatic N) is 5. The lowest BCUT2D eigenvalue weighted by molar-refractivity contribution is -0.384. The van der Waals surface area contributed by atoms with Crippen molar-refractivity contribution in [3.63, 3.8) is 0 Å². The Morgan fingerprint density at radius 3 is 2.74 bits per heavy atom. The van der Waals surface area contributed by atoms with E-state index in [0.717, 1.165) is 5.56 Å². The first-order valence-electron chi connectivity index (χ1n) is 11.4. The van der Waals surface area contributed by atoms with Gasteiger partial charge in [-0.15, -0.1) is 10.2 Å². The summed E-state index contributed by atoms with van der Waals surface area (Å²) < 4.78 is 7.51. The van der Waals surface area contributed by atoms with Gasteiger partial charge in [-0.25, -0.2) is 5.43 Å². The molecule has 10 nitrogen and oxygen atoms in total. The number of halogens is 1. The molecule has 5 rings (SSSR count). The molecule has 12 heteroatoms. The first-order chi connectivity index (χ1) is 18.4. The quantitative estimate of drug-likeness (QED) is 0.139. The Balaban J connectivity index is 1.40. The molecule has 190 valence electrons. The third-order valence-corrected chi connectivity index (χ3v) is 6.85. The van der Waals surface area contributed by atoms with Crippen molar-refractivity contribution in [3.8, 4) is 11.4 Å². The molecule has 0 atom stereocenters. The third-order valence-electron chi connectivity index (χ3n) is 5.54. The van der Waals surface area contributed by atoms with Gasteiger partial charge in [-0.1, -0.05) is 41.9 Å². The van der Waals surface area contributed by atoms with Crippen LogP contribution in [0.3, 0.4) is 0 Å².